The van der Waals surface area contributed by atoms with E-state index in [9.17, 15) is 14.4 Å². The number of imide groups is 1. The molecule has 3 rings (SSSR count). The summed E-state index contributed by atoms with van der Waals surface area (Å²) in [6, 6.07) is -0.177. The number of urea groups is 1. The van der Waals surface area contributed by atoms with Gasteiger partial charge in [0.25, 0.3) is 0 Å². The molecule has 3 aliphatic rings. The van der Waals surface area contributed by atoms with Gasteiger partial charge in [0.2, 0.25) is 11.8 Å². The van der Waals surface area contributed by atoms with E-state index in [2.05, 4.69) is 12.2 Å². The van der Waals surface area contributed by atoms with E-state index in [0.29, 0.717) is 26.2 Å². The Bertz CT molecular complexity index is 555. The number of carbonyl (C=O) groups excluding carboxylic acids is 3. The van der Waals surface area contributed by atoms with Crippen LogP contribution in [-0.4, -0.2) is 78.5 Å². The molecule has 2 heterocycles. The summed E-state index contributed by atoms with van der Waals surface area (Å²) in [5.74, 6) is 0.198. The number of amides is 4. The van der Waals surface area contributed by atoms with Crippen LogP contribution in [0.2, 0.25) is 0 Å². The third kappa shape index (κ3) is 3.86. The Kier molecular flexibility index (Phi) is 5.73. The Balaban J connectivity index is 1.52. The number of hydrogen-bond acceptors (Lipinski definition) is 4. The van der Waals surface area contributed by atoms with Crippen LogP contribution in [0.4, 0.5) is 4.79 Å². The number of methoxy groups -OCH3 is 1. The third-order valence-electron chi connectivity index (χ3n) is 5.44. The summed E-state index contributed by atoms with van der Waals surface area (Å²) < 4.78 is 4.97. The minimum atomic E-state index is -0.218. The zero-order chi connectivity index (χ0) is 17.8. The molecule has 2 saturated heterocycles. The highest BCUT2D eigenvalue weighted by Gasteiger charge is 2.41. The van der Waals surface area contributed by atoms with Crippen LogP contribution in [-0.2, 0) is 14.3 Å². The lowest BCUT2D eigenvalue weighted by molar-refractivity contribution is -0.137. The molecule has 0 aromatic heterocycles. The minimum Gasteiger partial charge on any atom is -0.383 e. The van der Waals surface area contributed by atoms with E-state index in [-0.39, 0.29) is 36.3 Å². The van der Waals surface area contributed by atoms with Gasteiger partial charge >= 0.3 is 6.03 Å². The molecule has 0 bridgehead atoms. The fraction of sp³-hybridized carbons (Fsp3) is 0.722. The minimum absolute atomic E-state index is 0.0410. The number of likely N-dealkylation sites (tertiary alicyclic amines) is 1. The first kappa shape index (κ1) is 17.9. The van der Waals surface area contributed by atoms with E-state index in [1.54, 1.807) is 12.0 Å². The number of piperidine rings is 1. The second kappa shape index (κ2) is 7.99. The molecule has 7 nitrogen and oxygen atoms in total. The number of allylic oxidation sites excluding steroid dienone is 2. The van der Waals surface area contributed by atoms with Crippen LogP contribution in [0.5, 0.6) is 0 Å². The third-order valence-corrected chi connectivity index (χ3v) is 5.44. The van der Waals surface area contributed by atoms with Crippen LogP contribution in [0.25, 0.3) is 0 Å². The first-order valence-electron chi connectivity index (χ1n) is 9.15. The Morgan fingerprint density at radius 1 is 1.20 bits per heavy atom. The quantitative estimate of drug-likeness (QED) is 0.553. The lowest BCUT2D eigenvalue weighted by Gasteiger charge is -2.37. The predicted octanol–water partition coefficient (Wildman–Crippen LogP) is 1.24. The molecule has 0 unspecified atom stereocenters. The van der Waals surface area contributed by atoms with Crippen molar-refractivity contribution < 1.29 is 19.1 Å². The van der Waals surface area contributed by atoms with Gasteiger partial charge in [0, 0.05) is 32.2 Å². The highest BCUT2D eigenvalue weighted by Crippen LogP contribution is 2.25. The Morgan fingerprint density at radius 2 is 1.96 bits per heavy atom. The summed E-state index contributed by atoms with van der Waals surface area (Å²) in [5.41, 5.74) is 0. The maximum absolute atomic E-state index is 12.6. The van der Waals surface area contributed by atoms with E-state index < -0.39 is 0 Å². The van der Waals surface area contributed by atoms with Gasteiger partial charge in [0.05, 0.1) is 13.2 Å². The molecular formula is C18H27N3O4. The van der Waals surface area contributed by atoms with Crippen molar-refractivity contribution in [3.8, 4) is 0 Å². The molecule has 0 aromatic carbocycles. The van der Waals surface area contributed by atoms with Crippen molar-refractivity contribution >= 4 is 17.8 Å². The first-order chi connectivity index (χ1) is 12.1. The predicted molar refractivity (Wildman–Crippen MR) is 91.8 cm³/mol. The van der Waals surface area contributed by atoms with Gasteiger partial charge in [-0.2, -0.15) is 0 Å². The van der Waals surface area contributed by atoms with E-state index in [0.717, 1.165) is 32.1 Å². The van der Waals surface area contributed by atoms with Gasteiger partial charge in [-0.15, -0.1) is 0 Å². The van der Waals surface area contributed by atoms with Gasteiger partial charge in [-0.25, -0.2) is 4.79 Å². The molecule has 4 amide bonds. The highest BCUT2D eigenvalue weighted by molar-refractivity contribution is 6.02. The number of hydrogen-bond donors (Lipinski definition) is 0. The molecule has 0 spiro atoms. The van der Waals surface area contributed by atoms with E-state index in [1.165, 1.54) is 4.90 Å². The van der Waals surface area contributed by atoms with Crippen molar-refractivity contribution in [3.05, 3.63) is 12.2 Å². The lowest BCUT2D eigenvalue weighted by atomic mass is 9.92. The van der Waals surface area contributed by atoms with Gasteiger partial charge in [-0.1, -0.05) is 12.2 Å². The smallest absolute Gasteiger partial charge is 0.327 e. The summed E-state index contributed by atoms with van der Waals surface area (Å²) in [4.78, 5) is 42.0. The summed E-state index contributed by atoms with van der Waals surface area (Å²) in [5, 5.41) is 0. The fourth-order valence-electron chi connectivity index (χ4n) is 3.92. The first-order valence-corrected chi connectivity index (χ1v) is 9.15. The maximum Gasteiger partial charge on any atom is 0.327 e. The second-order valence-corrected chi connectivity index (χ2v) is 6.99. The van der Waals surface area contributed by atoms with Gasteiger partial charge < -0.3 is 14.5 Å². The molecule has 2 aliphatic heterocycles. The van der Waals surface area contributed by atoms with Crippen LogP contribution in [0, 0.1) is 5.92 Å². The molecule has 25 heavy (non-hydrogen) atoms. The lowest BCUT2D eigenvalue weighted by Crippen LogP contribution is -2.49. The van der Waals surface area contributed by atoms with Crippen molar-refractivity contribution in [2.24, 2.45) is 5.92 Å². The summed E-state index contributed by atoms with van der Waals surface area (Å²) in [6.45, 7) is 2.14. The van der Waals surface area contributed by atoms with Crippen LogP contribution < -0.4 is 0 Å². The van der Waals surface area contributed by atoms with Crippen molar-refractivity contribution in [2.45, 2.75) is 38.1 Å². The zero-order valence-electron chi connectivity index (χ0n) is 14.9. The Hall–Kier alpha value is -1.89. The number of rotatable bonds is 5. The monoisotopic (exact) mass is 349 g/mol. The van der Waals surface area contributed by atoms with Crippen molar-refractivity contribution in [2.75, 3.05) is 39.9 Å². The summed E-state index contributed by atoms with van der Waals surface area (Å²) in [6.07, 6.45) is 8.48. The number of nitrogens with zero attached hydrogens (tertiary/aromatic N) is 3. The van der Waals surface area contributed by atoms with Gasteiger partial charge in [-0.3, -0.25) is 14.5 Å². The van der Waals surface area contributed by atoms with E-state index in [4.69, 9.17) is 4.74 Å². The molecule has 0 N–H and O–H groups in total. The van der Waals surface area contributed by atoms with Crippen LogP contribution >= 0.6 is 0 Å². The second-order valence-electron chi connectivity index (χ2n) is 6.99. The van der Waals surface area contributed by atoms with Crippen molar-refractivity contribution in [1.29, 1.82) is 0 Å². The van der Waals surface area contributed by atoms with E-state index >= 15 is 0 Å². The molecule has 2 fully saturated rings. The topological polar surface area (TPSA) is 70.2 Å². The molecule has 0 radical (unpaired) electrons. The van der Waals surface area contributed by atoms with Crippen molar-refractivity contribution in [3.63, 3.8) is 0 Å². The Labute approximate surface area is 148 Å². The van der Waals surface area contributed by atoms with Crippen molar-refractivity contribution in [1.82, 2.24) is 14.7 Å². The number of carbonyl (C=O) groups is 3. The largest absolute Gasteiger partial charge is 0.383 e. The maximum atomic E-state index is 12.6. The van der Waals surface area contributed by atoms with E-state index in [1.807, 2.05) is 4.90 Å². The van der Waals surface area contributed by atoms with Gasteiger partial charge in [0.15, 0.2) is 0 Å². The molecule has 138 valence electrons. The highest BCUT2D eigenvalue weighted by atomic mass is 16.5. The summed E-state index contributed by atoms with van der Waals surface area (Å²) in [7, 11) is 1.55. The molecule has 1 atom stereocenters. The normalized spacial score (nSPS) is 25.2. The standard InChI is InChI=1S/C18H27N3O4/c1-25-12-11-20-16(22)13-21(18(20)24)15-7-9-19(10-8-15)17(23)14-5-3-2-4-6-14/h2-3,14-15H,4-13H2,1H3/t14-/m0/s1. The fourth-order valence-corrected chi connectivity index (χ4v) is 3.92. The van der Waals surface area contributed by atoms with Crippen LogP contribution in [0.15, 0.2) is 12.2 Å². The average Bonchev–Trinajstić information content (AvgIpc) is 2.94. The van der Waals surface area contributed by atoms with Gasteiger partial charge in [-0.05, 0) is 32.1 Å². The number of ether oxygens (including phenoxy) is 1. The Morgan fingerprint density at radius 3 is 2.60 bits per heavy atom. The van der Waals surface area contributed by atoms with Gasteiger partial charge in [0.1, 0.15) is 6.54 Å². The molecule has 7 heteroatoms. The molecule has 0 aromatic rings. The van der Waals surface area contributed by atoms with Crippen LogP contribution in [0.3, 0.4) is 0 Å². The molecular weight excluding hydrogens is 322 g/mol. The average molecular weight is 349 g/mol. The summed E-state index contributed by atoms with van der Waals surface area (Å²) >= 11 is 0. The van der Waals surface area contributed by atoms with Crippen LogP contribution in [0.1, 0.15) is 32.1 Å². The zero-order valence-corrected chi connectivity index (χ0v) is 14.9. The molecule has 0 saturated carbocycles. The SMILES string of the molecule is COCCN1C(=O)CN(C2CCN(C(=O)[C@H]3CC=CCC3)CC2)C1=O. The molecule has 1 aliphatic carbocycles.